The molecule has 0 unspecified atom stereocenters. The van der Waals surface area contributed by atoms with Crippen LogP contribution >= 0.6 is 10.7 Å². The first-order valence-electron chi connectivity index (χ1n) is 6.88. The Morgan fingerprint density at radius 3 is 2.48 bits per heavy atom. The number of nitrogens with zero attached hydrogens (tertiary/aromatic N) is 4. The monoisotopic (exact) mass is 330 g/mol. The standard InChI is InChI=1S/C13H19ClN4O2S/c1-4-11-13(21(14,19)20)12(5-2)18(16-11)9-7-10-6-8-15-17(10)3/h6,8H,4-5,7,9H2,1-3H3. The van der Waals surface area contributed by atoms with Crippen molar-refractivity contribution in [3.63, 3.8) is 0 Å². The van der Waals surface area contributed by atoms with Gasteiger partial charge in [-0.2, -0.15) is 10.2 Å². The van der Waals surface area contributed by atoms with Gasteiger partial charge in [0.25, 0.3) is 9.05 Å². The maximum atomic E-state index is 11.8. The molecular formula is C13H19ClN4O2S. The Hall–Kier alpha value is -1.34. The van der Waals surface area contributed by atoms with Crippen molar-refractivity contribution in [1.82, 2.24) is 19.6 Å². The fourth-order valence-electron chi connectivity index (χ4n) is 2.44. The molecule has 0 radical (unpaired) electrons. The van der Waals surface area contributed by atoms with Gasteiger partial charge in [-0.1, -0.05) is 13.8 Å². The smallest absolute Gasteiger partial charge is 0.264 e. The molecule has 116 valence electrons. The molecule has 0 atom stereocenters. The molecule has 2 rings (SSSR count). The van der Waals surface area contributed by atoms with E-state index in [2.05, 4.69) is 10.2 Å². The molecule has 2 aromatic heterocycles. The second-order valence-corrected chi connectivity index (χ2v) is 7.29. The van der Waals surface area contributed by atoms with E-state index in [0.717, 1.165) is 12.1 Å². The second-order valence-electron chi connectivity index (χ2n) is 4.79. The van der Waals surface area contributed by atoms with E-state index in [1.807, 2.05) is 27.0 Å². The van der Waals surface area contributed by atoms with Gasteiger partial charge in [-0.15, -0.1) is 0 Å². The third-order valence-electron chi connectivity index (χ3n) is 3.49. The zero-order valence-electron chi connectivity index (χ0n) is 12.4. The molecule has 0 spiro atoms. The van der Waals surface area contributed by atoms with Crippen molar-refractivity contribution in [3.8, 4) is 0 Å². The predicted molar refractivity (Wildman–Crippen MR) is 80.9 cm³/mol. The summed E-state index contributed by atoms with van der Waals surface area (Å²) in [5.74, 6) is 0. The van der Waals surface area contributed by atoms with E-state index >= 15 is 0 Å². The molecule has 0 N–H and O–H groups in total. The largest absolute Gasteiger partial charge is 0.273 e. The number of hydrogen-bond acceptors (Lipinski definition) is 4. The van der Waals surface area contributed by atoms with Crippen LogP contribution in [0, 0.1) is 0 Å². The minimum Gasteiger partial charge on any atom is -0.273 e. The molecule has 0 aliphatic rings. The topological polar surface area (TPSA) is 69.8 Å². The van der Waals surface area contributed by atoms with Gasteiger partial charge >= 0.3 is 0 Å². The van der Waals surface area contributed by atoms with Crippen LogP contribution in [0.15, 0.2) is 17.2 Å². The lowest BCUT2D eigenvalue weighted by atomic mass is 10.2. The molecule has 0 bridgehead atoms. The molecule has 8 heteroatoms. The van der Waals surface area contributed by atoms with Crippen LogP contribution in [0.25, 0.3) is 0 Å². The van der Waals surface area contributed by atoms with Gasteiger partial charge < -0.3 is 0 Å². The molecule has 0 saturated carbocycles. The molecular weight excluding hydrogens is 312 g/mol. The second kappa shape index (κ2) is 6.19. The average molecular weight is 331 g/mol. The fraction of sp³-hybridized carbons (Fsp3) is 0.538. The van der Waals surface area contributed by atoms with Crippen LogP contribution in [0.4, 0.5) is 0 Å². The summed E-state index contributed by atoms with van der Waals surface area (Å²) in [5.41, 5.74) is 2.27. The van der Waals surface area contributed by atoms with E-state index in [4.69, 9.17) is 10.7 Å². The van der Waals surface area contributed by atoms with Gasteiger partial charge in [0.15, 0.2) is 0 Å². The van der Waals surface area contributed by atoms with Crippen molar-refractivity contribution in [2.24, 2.45) is 7.05 Å². The van der Waals surface area contributed by atoms with E-state index in [1.54, 1.807) is 15.6 Å². The zero-order valence-corrected chi connectivity index (χ0v) is 13.9. The Morgan fingerprint density at radius 2 is 2.00 bits per heavy atom. The van der Waals surface area contributed by atoms with Crippen molar-refractivity contribution >= 4 is 19.7 Å². The van der Waals surface area contributed by atoms with Gasteiger partial charge in [-0.25, -0.2) is 8.42 Å². The fourth-order valence-corrected chi connectivity index (χ4v) is 3.98. The van der Waals surface area contributed by atoms with E-state index in [0.29, 0.717) is 30.8 Å². The Balaban J connectivity index is 2.36. The SMILES string of the molecule is CCc1nn(CCc2ccnn2C)c(CC)c1S(=O)(=O)Cl. The number of hydrogen-bond donors (Lipinski definition) is 0. The van der Waals surface area contributed by atoms with Gasteiger partial charge in [-0.05, 0) is 18.9 Å². The summed E-state index contributed by atoms with van der Waals surface area (Å²) in [7, 11) is 3.67. The summed E-state index contributed by atoms with van der Waals surface area (Å²) in [6, 6.07) is 1.94. The van der Waals surface area contributed by atoms with Crippen LogP contribution in [0.5, 0.6) is 0 Å². The minimum atomic E-state index is -3.78. The van der Waals surface area contributed by atoms with Crippen molar-refractivity contribution in [2.45, 2.75) is 44.6 Å². The van der Waals surface area contributed by atoms with E-state index in [9.17, 15) is 8.42 Å². The highest BCUT2D eigenvalue weighted by atomic mass is 35.7. The van der Waals surface area contributed by atoms with E-state index < -0.39 is 9.05 Å². The summed E-state index contributed by atoms with van der Waals surface area (Å²) in [6.07, 6.45) is 3.58. The first-order valence-corrected chi connectivity index (χ1v) is 9.19. The van der Waals surface area contributed by atoms with Crippen LogP contribution in [-0.2, 0) is 41.9 Å². The van der Waals surface area contributed by atoms with E-state index in [-0.39, 0.29) is 4.90 Å². The van der Waals surface area contributed by atoms with Crippen LogP contribution in [-0.4, -0.2) is 28.0 Å². The lowest BCUT2D eigenvalue weighted by molar-refractivity contribution is 0.558. The van der Waals surface area contributed by atoms with Crippen molar-refractivity contribution in [1.29, 1.82) is 0 Å². The van der Waals surface area contributed by atoms with Gasteiger partial charge in [0.1, 0.15) is 4.90 Å². The Labute approximate surface area is 129 Å². The van der Waals surface area contributed by atoms with Gasteiger partial charge in [0.2, 0.25) is 0 Å². The van der Waals surface area contributed by atoms with Crippen molar-refractivity contribution in [2.75, 3.05) is 0 Å². The summed E-state index contributed by atoms with van der Waals surface area (Å²) >= 11 is 0. The van der Waals surface area contributed by atoms with Crippen LogP contribution in [0.3, 0.4) is 0 Å². The summed E-state index contributed by atoms with van der Waals surface area (Å²) < 4.78 is 27.1. The molecule has 0 fully saturated rings. The molecule has 0 aliphatic carbocycles. The van der Waals surface area contributed by atoms with Crippen molar-refractivity contribution < 1.29 is 8.42 Å². The van der Waals surface area contributed by atoms with Gasteiger partial charge in [-0.3, -0.25) is 9.36 Å². The summed E-state index contributed by atoms with van der Waals surface area (Å²) in [5, 5.41) is 8.54. The average Bonchev–Trinajstić information content (AvgIpc) is 2.98. The molecule has 2 aromatic rings. The number of aryl methyl sites for hydroxylation is 4. The third-order valence-corrected chi connectivity index (χ3v) is 4.91. The number of aromatic nitrogens is 4. The molecule has 0 aliphatic heterocycles. The zero-order chi connectivity index (χ0) is 15.6. The quantitative estimate of drug-likeness (QED) is 0.759. The minimum absolute atomic E-state index is 0.180. The lowest BCUT2D eigenvalue weighted by Crippen LogP contribution is -2.10. The maximum absolute atomic E-state index is 11.8. The first-order chi connectivity index (χ1) is 9.88. The molecule has 21 heavy (non-hydrogen) atoms. The lowest BCUT2D eigenvalue weighted by Gasteiger charge is -2.07. The van der Waals surface area contributed by atoms with Crippen LogP contribution in [0.1, 0.15) is 30.9 Å². The first kappa shape index (κ1) is 16.0. The molecule has 2 heterocycles. The normalized spacial score (nSPS) is 12.0. The molecule has 0 amide bonds. The van der Waals surface area contributed by atoms with E-state index in [1.165, 1.54) is 0 Å². The number of rotatable bonds is 6. The van der Waals surface area contributed by atoms with Crippen molar-refractivity contribution in [3.05, 3.63) is 29.3 Å². The Kier molecular flexibility index (Phi) is 4.73. The molecule has 0 aromatic carbocycles. The summed E-state index contributed by atoms with van der Waals surface area (Å²) in [6.45, 7) is 4.38. The highest BCUT2D eigenvalue weighted by Gasteiger charge is 2.25. The van der Waals surface area contributed by atoms with Gasteiger partial charge in [0.05, 0.1) is 11.4 Å². The van der Waals surface area contributed by atoms with Gasteiger partial charge in [0, 0.05) is 42.6 Å². The summed E-state index contributed by atoms with van der Waals surface area (Å²) in [4.78, 5) is 0.180. The highest BCUT2D eigenvalue weighted by molar-refractivity contribution is 8.13. The molecule has 6 nitrogen and oxygen atoms in total. The number of halogens is 1. The molecule has 0 saturated heterocycles. The maximum Gasteiger partial charge on any atom is 0.264 e. The Morgan fingerprint density at radius 1 is 1.29 bits per heavy atom. The Bertz CT molecular complexity index is 733. The third kappa shape index (κ3) is 3.29. The van der Waals surface area contributed by atoms with Crippen LogP contribution < -0.4 is 0 Å². The predicted octanol–water partition coefficient (Wildman–Crippen LogP) is 1.91. The highest BCUT2D eigenvalue weighted by Crippen LogP contribution is 2.25. The van der Waals surface area contributed by atoms with Crippen LogP contribution in [0.2, 0.25) is 0 Å².